The van der Waals surface area contributed by atoms with Gasteiger partial charge in [-0.1, -0.05) is 0 Å². The summed E-state index contributed by atoms with van der Waals surface area (Å²) in [5.41, 5.74) is 0. The molecule has 1 atom stereocenters. The molecule has 0 spiro atoms. The quantitative estimate of drug-likeness (QED) is 0.553. The summed E-state index contributed by atoms with van der Waals surface area (Å²) in [4.78, 5) is 3.60. The zero-order chi connectivity index (χ0) is 7.56. The third kappa shape index (κ3) is 1.82. The zero-order valence-electron chi connectivity index (χ0n) is 5.18. The van der Waals surface area contributed by atoms with Crippen LogP contribution in [0.15, 0.2) is 12.5 Å². The first-order valence-corrected chi connectivity index (χ1v) is 3.44. The Labute approximate surface area is 60.1 Å². The summed E-state index contributed by atoms with van der Waals surface area (Å²) < 4.78 is 25.6. The van der Waals surface area contributed by atoms with Crippen LogP contribution >= 0.6 is 0 Å². The van der Waals surface area contributed by atoms with E-state index in [4.69, 9.17) is 0 Å². The monoisotopic (exact) mass is 161 g/mol. The highest BCUT2D eigenvalue weighted by molar-refractivity contribution is 7.74. The zero-order valence-corrected chi connectivity index (χ0v) is 6.00. The number of hydrogen-bond acceptors (Lipinski definition) is 4. The highest BCUT2D eigenvalue weighted by Gasteiger charge is 1.94. The minimum absolute atomic E-state index is 0.0795. The van der Waals surface area contributed by atoms with Crippen molar-refractivity contribution in [2.75, 3.05) is 0 Å². The van der Waals surface area contributed by atoms with Crippen LogP contribution in [-0.4, -0.2) is 18.3 Å². The van der Waals surface area contributed by atoms with Crippen molar-refractivity contribution in [2.45, 2.75) is 0 Å². The molecule has 0 saturated heterocycles. The highest BCUT2D eigenvalue weighted by atomic mass is 32.2. The SMILES string of the molecule is Cn1cnc(OS(=O)[O-])c1. The second kappa shape index (κ2) is 2.80. The summed E-state index contributed by atoms with van der Waals surface area (Å²) in [5.74, 6) is 0.0795. The molecule has 0 saturated carbocycles. The van der Waals surface area contributed by atoms with Crippen LogP contribution in [0.25, 0.3) is 0 Å². The van der Waals surface area contributed by atoms with E-state index in [2.05, 4.69) is 9.17 Å². The lowest BCUT2D eigenvalue weighted by atomic mass is 10.8. The maximum Gasteiger partial charge on any atom is 0.247 e. The van der Waals surface area contributed by atoms with Crippen molar-refractivity contribution < 1.29 is 12.9 Å². The molecule has 6 heteroatoms. The highest BCUT2D eigenvalue weighted by Crippen LogP contribution is 2.04. The fourth-order valence-corrected chi connectivity index (χ4v) is 0.727. The first kappa shape index (κ1) is 7.23. The molecule has 1 rings (SSSR count). The fraction of sp³-hybridized carbons (Fsp3) is 0.250. The molecule has 0 aromatic carbocycles. The van der Waals surface area contributed by atoms with Crippen LogP contribution in [0.3, 0.4) is 0 Å². The van der Waals surface area contributed by atoms with Crippen molar-refractivity contribution in [1.82, 2.24) is 9.55 Å². The smallest absolute Gasteiger partial charge is 0.247 e. The van der Waals surface area contributed by atoms with E-state index >= 15 is 0 Å². The van der Waals surface area contributed by atoms with Gasteiger partial charge in [-0.05, 0) is 0 Å². The standard InChI is InChI=1S/C4H6N2O3S/c1-6-2-4(5-3-6)9-10(7)8/h2-3H,1H3,(H,7,8)/p-1. The Bertz CT molecular complexity index is 246. The van der Waals surface area contributed by atoms with Gasteiger partial charge in [-0.15, -0.1) is 0 Å². The van der Waals surface area contributed by atoms with Crippen molar-refractivity contribution in [2.24, 2.45) is 7.05 Å². The number of rotatable bonds is 2. The summed E-state index contributed by atoms with van der Waals surface area (Å²) in [7, 11) is 1.72. The minimum Gasteiger partial charge on any atom is -0.740 e. The third-order valence-electron chi connectivity index (χ3n) is 0.835. The molecular weight excluding hydrogens is 156 g/mol. The maximum absolute atomic E-state index is 9.91. The van der Waals surface area contributed by atoms with Gasteiger partial charge in [0, 0.05) is 7.05 Å². The summed E-state index contributed by atoms with van der Waals surface area (Å²) in [6.07, 6.45) is 2.90. The van der Waals surface area contributed by atoms with Gasteiger partial charge in [0.15, 0.2) is 0 Å². The Kier molecular flexibility index (Phi) is 2.03. The van der Waals surface area contributed by atoms with Crippen LogP contribution < -0.4 is 4.18 Å². The summed E-state index contributed by atoms with van der Waals surface area (Å²) in [5, 5.41) is 0. The van der Waals surface area contributed by atoms with Gasteiger partial charge in [0.05, 0.1) is 12.5 Å². The third-order valence-corrected chi connectivity index (χ3v) is 1.14. The van der Waals surface area contributed by atoms with E-state index in [-0.39, 0.29) is 5.88 Å². The topological polar surface area (TPSA) is 67.2 Å². The van der Waals surface area contributed by atoms with Crippen molar-refractivity contribution in [3.63, 3.8) is 0 Å². The van der Waals surface area contributed by atoms with Gasteiger partial charge in [-0.25, -0.2) is 9.19 Å². The van der Waals surface area contributed by atoms with Crippen LogP contribution in [0.5, 0.6) is 5.88 Å². The Morgan fingerprint density at radius 2 is 2.60 bits per heavy atom. The second-order valence-corrected chi connectivity index (χ2v) is 2.24. The van der Waals surface area contributed by atoms with E-state index in [9.17, 15) is 8.76 Å². The predicted molar refractivity (Wildman–Crippen MR) is 32.8 cm³/mol. The molecule has 0 amide bonds. The molecule has 0 aliphatic rings. The number of aromatic nitrogens is 2. The van der Waals surface area contributed by atoms with E-state index in [0.29, 0.717) is 0 Å². The van der Waals surface area contributed by atoms with Gasteiger partial charge in [0.25, 0.3) is 0 Å². The van der Waals surface area contributed by atoms with Crippen molar-refractivity contribution in [1.29, 1.82) is 0 Å². The molecule has 0 bridgehead atoms. The molecule has 1 heterocycles. The molecule has 5 nitrogen and oxygen atoms in total. The molecule has 1 aromatic heterocycles. The van der Waals surface area contributed by atoms with Gasteiger partial charge in [-0.3, -0.25) is 0 Å². The molecule has 1 aromatic rings. The lowest BCUT2D eigenvalue weighted by molar-refractivity contribution is 0.434. The van der Waals surface area contributed by atoms with Crippen molar-refractivity contribution in [3.8, 4) is 5.88 Å². The van der Waals surface area contributed by atoms with Gasteiger partial charge >= 0.3 is 0 Å². The molecule has 1 unspecified atom stereocenters. The summed E-state index contributed by atoms with van der Waals surface area (Å²) in [6.45, 7) is 0. The molecular formula is C4H5N2O3S-. The Hall–Kier alpha value is -0.880. The number of hydrogen-bond donors (Lipinski definition) is 0. The van der Waals surface area contributed by atoms with Crippen LogP contribution in [0.4, 0.5) is 0 Å². The molecule has 10 heavy (non-hydrogen) atoms. The lowest BCUT2D eigenvalue weighted by Gasteiger charge is -2.01. The number of aryl methyl sites for hydroxylation is 1. The fourth-order valence-electron chi connectivity index (χ4n) is 0.502. The van der Waals surface area contributed by atoms with Crippen LogP contribution in [0.1, 0.15) is 0 Å². The Morgan fingerprint density at radius 1 is 1.90 bits per heavy atom. The van der Waals surface area contributed by atoms with E-state index in [1.54, 1.807) is 11.6 Å². The molecule has 56 valence electrons. The van der Waals surface area contributed by atoms with E-state index in [1.807, 2.05) is 0 Å². The molecule has 0 N–H and O–H groups in total. The molecule has 0 fully saturated rings. The first-order chi connectivity index (χ1) is 4.68. The summed E-state index contributed by atoms with van der Waals surface area (Å²) >= 11 is -2.53. The predicted octanol–water partition coefficient (Wildman–Crippen LogP) is -0.407. The lowest BCUT2D eigenvalue weighted by Crippen LogP contribution is -1.97. The average Bonchev–Trinajstić information content (AvgIpc) is 2.13. The first-order valence-electron chi connectivity index (χ1n) is 2.44. The van der Waals surface area contributed by atoms with Crippen LogP contribution in [-0.2, 0) is 18.4 Å². The van der Waals surface area contributed by atoms with Crippen molar-refractivity contribution >= 4 is 11.4 Å². The molecule has 0 aliphatic heterocycles. The van der Waals surface area contributed by atoms with E-state index < -0.39 is 11.4 Å². The maximum atomic E-state index is 9.91. The summed E-state index contributed by atoms with van der Waals surface area (Å²) in [6, 6.07) is 0. The van der Waals surface area contributed by atoms with Gasteiger partial charge < -0.3 is 13.3 Å². The number of imidazole rings is 1. The average molecular weight is 161 g/mol. The van der Waals surface area contributed by atoms with Gasteiger partial charge in [0.1, 0.15) is 11.4 Å². The van der Waals surface area contributed by atoms with Gasteiger partial charge in [-0.2, -0.15) is 0 Å². The van der Waals surface area contributed by atoms with E-state index in [1.165, 1.54) is 12.5 Å². The van der Waals surface area contributed by atoms with Crippen LogP contribution in [0.2, 0.25) is 0 Å². The Balaban J connectivity index is 2.67. The second-order valence-electron chi connectivity index (χ2n) is 1.66. The normalized spacial score (nSPS) is 13.0. The number of nitrogens with zero attached hydrogens (tertiary/aromatic N) is 2. The minimum atomic E-state index is -2.53. The van der Waals surface area contributed by atoms with Crippen molar-refractivity contribution in [3.05, 3.63) is 12.5 Å². The van der Waals surface area contributed by atoms with E-state index in [0.717, 1.165) is 0 Å². The van der Waals surface area contributed by atoms with Gasteiger partial charge in [0.2, 0.25) is 5.88 Å². The van der Waals surface area contributed by atoms with Crippen LogP contribution in [0, 0.1) is 0 Å². The Morgan fingerprint density at radius 3 is 3.00 bits per heavy atom. The molecule has 0 radical (unpaired) electrons. The largest absolute Gasteiger partial charge is 0.740 e. The molecule has 0 aliphatic carbocycles.